The zero-order chi connectivity index (χ0) is 18.4. The fraction of sp³-hybridized carbons (Fsp3) is 0.316. The van der Waals surface area contributed by atoms with E-state index in [1.807, 2.05) is 13.0 Å². The number of halogens is 2. The first kappa shape index (κ1) is 18.0. The van der Waals surface area contributed by atoms with Gasteiger partial charge in [0.1, 0.15) is 23.5 Å². The van der Waals surface area contributed by atoms with E-state index in [-0.39, 0.29) is 18.4 Å². The molecule has 0 fully saturated rings. The molecule has 0 aromatic carbocycles. The predicted octanol–water partition coefficient (Wildman–Crippen LogP) is 4.48. The smallest absolute Gasteiger partial charge is 0.141 e. The van der Waals surface area contributed by atoms with Gasteiger partial charge in [0.2, 0.25) is 0 Å². The lowest BCUT2D eigenvalue weighted by molar-refractivity contribution is 0.408. The second-order valence-electron chi connectivity index (χ2n) is 5.84. The minimum atomic E-state index is -1.40. The summed E-state index contributed by atoms with van der Waals surface area (Å²) in [5.41, 5.74) is 1.63. The number of nitrogens with one attached hydrogen (secondary N) is 1. The number of hydrogen-bond acceptors (Lipinski definition) is 4. The van der Waals surface area contributed by atoms with Crippen LogP contribution in [0.1, 0.15) is 25.6 Å². The monoisotopic (exact) mass is 357 g/mol. The van der Waals surface area contributed by atoms with Crippen LogP contribution in [0.2, 0.25) is 0 Å². The summed E-state index contributed by atoms with van der Waals surface area (Å²) in [6.45, 7) is 3.13. The van der Waals surface area contributed by atoms with Gasteiger partial charge in [-0.25, -0.2) is 13.8 Å². The number of rotatable bonds is 6. The molecule has 0 amide bonds. The molecular formula is C19H21F2N5. The number of anilines is 1. The number of hydrogen-bond donors (Lipinski definition) is 1. The highest BCUT2D eigenvalue weighted by Gasteiger charge is 2.24. The number of nitrogens with zero attached hydrogens (tertiary/aromatic N) is 4. The van der Waals surface area contributed by atoms with Crippen molar-refractivity contribution < 1.29 is 8.78 Å². The highest BCUT2D eigenvalue weighted by molar-refractivity contribution is 5.72. The van der Waals surface area contributed by atoms with E-state index in [9.17, 15) is 8.78 Å². The van der Waals surface area contributed by atoms with E-state index >= 15 is 0 Å². The van der Waals surface area contributed by atoms with E-state index in [1.54, 1.807) is 47.7 Å². The van der Waals surface area contributed by atoms with Gasteiger partial charge >= 0.3 is 0 Å². The Kier molecular flexibility index (Phi) is 5.88. The van der Waals surface area contributed by atoms with Crippen LogP contribution in [-0.2, 0) is 6.54 Å². The van der Waals surface area contributed by atoms with Crippen molar-refractivity contribution in [2.24, 2.45) is 4.99 Å². The van der Waals surface area contributed by atoms with Crippen molar-refractivity contribution in [3.8, 4) is 0 Å². The van der Waals surface area contributed by atoms with Crippen LogP contribution >= 0.6 is 0 Å². The van der Waals surface area contributed by atoms with Crippen molar-refractivity contribution >= 4 is 23.2 Å². The average molecular weight is 357 g/mol. The van der Waals surface area contributed by atoms with Gasteiger partial charge in [0.15, 0.2) is 0 Å². The van der Waals surface area contributed by atoms with Crippen molar-refractivity contribution in [3.63, 3.8) is 0 Å². The van der Waals surface area contributed by atoms with Gasteiger partial charge in [0, 0.05) is 44.2 Å². The van der Waals surface area contributed by atoms with Crippen molar-refractivity contribution in [2.75, 3.05) is 11.9 Å². The molecule has 0 aliphatic heterocycles. The Morgan fingerprint density at radius 3 is 3.12 bits per heavy atom. The maximum atomic E-state index is 14.4. The summed E-state index contributed by atoms with van der Waals surface area (Å²) < 4.78 is 30.4. The maximum Gasteiger partial charge on any atom is 0.141 e. The third kappa shape index (κ3) is 4.04. The Bertz CT molecular complexity index is 838. The molecular weight excluding hydrogens is 336 g/mol. The van der Waals surface area contributed by atoms with Gasteiger partial charge in [-0.2, -0.15) is 0 Å². The van der Waals surface area contributed by atoms with E-state index in [0.717, 1.165) is 12.2 Å². The van der Waals surface area contributed by atoms with E-state index in [1.165, 1.54) is 0 Å². The van der Waals surface area contributed by atoms with E-state index in [4.69, 9.17) is 0 Å². The number of aliphatic imine (C=N–C) groups is 1. The molecule has 3 rings (SSSR count). The summed E-state index contributed by atoms with van der Waals surface area (Å²) in [7, 11) is 0. The highest BCUT2D eigenvalue weighted by atomic mass is 19.1. The largest absolute Gasteiger partial charge is 0.383 e. The summed E-state index contributed by atoms with van der Waals surface area (Å²) in [6, 6.07) is 1.85. The molecule has 0 saturated carbocycles. The zero-order valence-electron chi connectivity index (χ0n) is 14.6. The van der Waals surface area contributed by atoms with Crippen LogP contribution in [-0.4, -0.2) is 33.5 Å². The fourth-order valence-corrected chi connectivity index (χ4v) is 2.82. The van der Waals surface area contributed by atoms with Crippen LogP contribution in [0.3, 0.4) is 0 Å². The molecule has 26 heavy (non-hydrogen) atoms. The first-order valence-corrected chi connectivity index (χ1v) is 8.60. The Morgan fingerprint density at radius 2 is 2.27 bits per heavy atom. The molecule has 5 nitrogen and oxygen atoms in total. The quantitative estimate of drug-likeness (QED) is 0.612. The van der Waals surface area contributed by atoms with E-state index < -0.39 is 12.0 Å². The normalized spacial score (nSPS) is 17.7. The van der Waals surface area contributed by atoms with Gasteiger partial charge in [-0.1, -0.05) is 12.2 Å². The third-order valence-corrected chi connectivity index (χ3v) is 4.04. The van der Waals surface area contributed by atoms with Crippen molar-refractivity contribution in [2.45, 2.75) is 32.5 Å². The minimum Gasteiger partial charge on any atom is -0.383 e. The number of alkyl halides is 1. The molecule has 0 saturated heterocycles. The molecule has 1 aliphatic rings. The molecule has 1 atom stereocenters. The summed E-state index contributed by atoms with van der Waals surface area (Å²) in [6.07, 6.45) is 10.5. The fourth-order valence-electron chi connectivity index (χ4n) is 2.82. The first-order chi connectivity index (χ1) is 12.7. The van der Waals surface area contributed by atoms with Crippen LogP contribution in [0.25, 0.3) is 5.57 Å². The van der Waals surface area contributed by atoms with E-state index in [2.05, 4.69) is 20.3 Å². The topological polar surface area (TPSA) is 55.1 Å². The highest BCUT2D eigenvalue weighted by Crippen LogP contribution is 2.31. The van der Waals surface area contributed by atoms with Crippen molar-refractivity contribution in [1.82, 2.24) is 14.5 Å². The van der Waals surface area contributed by atoms with Gasteiger partial charge in [-0.05, 0) is 13.0 Å². The lowest BCUT2D eigenvalue weighted by Crippen LogP contribution is -2.11. The van der Waals surface area contributed by atoms with Crippen LogP contribution in [0.15, 0.2) is 53.8 Å². The summed E-state index contributed by atoms with van der Waals surface area (Å²) >= 11 is 0. The summed E-state index contributed by atoms with van der Waals surface area (Å²) in [4.78, 5) is 12.7. The second kappa shape index (κ2) is 8.51. The molecule has 2 heterocycles. The van der Waals surface area contributed by atoms with Gasteiger partial charge in [0.05, 0.1) is 24.0 Å². The number of pyridine rings is 1. The van der Waals surface area contributed by atoms with Gasteiger partial charge in [0.25, 0.3) is 0 Å². The number of allylic oxidation sites excluding steroid dienone is 4. The van der Waals surface area contributed by atoms with Crippen LogP contribution < -0.4 is 5.32 Å². The molecule has 0 spiro atoms. The maximum absolute atomic E-state index is 14.4. The Morgan fingerprint density at radius 1 is 1.38 bits per heavy atom. The number of imidazole rings is 1. The SMILES string of the molecule is CCNc1ccncc1N=CCn1ccnc1C1=C(F)CC=CCC1F. The number of aromatic nitrogens is 3. The predicted molar refractivity (Wildman–Crippen MR) is 100 cm³/mol. The second-order valence-corrected chi connectivity index (χ2v) is 5.84. The van der Waals surface area contributed by atoms with Crippen LogP contribution in [0, 0.1) is 0 Å². The standard InChI is InChI=1S/C19H21F2N5/c1-2-23-16-7-8-22-13-17(16)24-9-11-26-12-10-25-19(26)18-14(20)5-3-4-6-15(18)21/h3-4,7-10,12-14H,2,5-6,11H2,1H3,(H,22,23). The lowest BCUT2D eigenvalue weighted by atomic mass is 10.1. The van der Waals surface area contributed by atoms with Gasteiger partial charge < -0.3 is 9.88 Å². The van der Waals surface area contributed by atoms with Gasteiger partial charge in [-0.15, -0.1) is 0 Å². The minimum absolute atomic E-state index is 0.0307. The average Bonchev–Trinajstić information content (AvgIpc) is 3.01. The molecule has 136 valence electrons. The van der Waals surface area contributed by atoms with Crippen molar-refractivity contribution in [1.29, 1.82) is 0 Å². The molecule has 2 aromatic heterocycles. The third-order valence-electron chi connectivity index (χ3n) is 4.04. The Hall–Kier alpha value is -2.83. The Balaban J connectivity index is 1.80. The Labute approximate surface area is 151 Å². The van der Waals surface area contributed by atoms with Crippen LogP contribution in [0.5, 0.6) is 0 Å². The lowest BCUT2D eigenvalue weighted by Gasteiger charge is -2.12. The molecule has 2 aromatic rings. The van der Waals surface area contributed by atoms with E-state index in [0.29, 0.717) is 18.1 Å². The summed E-state index contributed by atoms with van der Waals surface area (Å²) in [5.74, 6) is -0.166. The molecule has 1 aliphatic carbocycles. The van der Waals surface area contributed by atoms with Gasteiger partial charge in [-0.3, -0.25) is 9.98 Å². The molecule has 0 radical (unpaired) electrons. The van der Waals surface area contributed by atoms with Crippen LogP contribution in [0.4, 0.5) is 20.2 Å². The zero-order valence-corrected chi connectivity index (χ0v) is 14.6. The molecule has 0 bridgehead atoms. The summed E-state index contributed by atoms with van der Waals surface area (Å²) in [5, 5.41) is 3.21. The molecule has 1 N–H and O–H groups in total. The van der Waals surface area contributed by atoms with Crippen molar-refractivity contribution in [3.05, 3.63) is 54.7 Å². The first-order valence-electron chi connectivity index (χ1n) is 8.60. The molecule has 1 unspecified atom stereocenters. The molecule has 7 heteroatoms.